The molecule has 0 radical (unpaired) electrons. The normalized spacial score (nSPS) is 10.3. The third-order valence-electron chi connectivity index (χ3n) is 2.69. The van der Waals surface area contributed by atoms with Gasteiger partial charge in [0.1, 0.15) is 16.5 Å². The Morgan fingerprint density at radius 1 is 1.40 bits per heavy atom. The van der Waals surface area contributed by atoms with Crippen molar-refractivity contribution in [2.75, 3.05) is 24.6 Å². The number of nitrogens with one attached hydrogen (secondary N) is 2. The number of aromatic nitrogens is 1. The van der Waals surface area contributed by atoms with Crippen molar-refractivity contribution in [2.45, 2.75) is 6.42 Å². The van der Waals surface area contributed by atoms with Crippen LogP contribution >= 0.6 is 11.3 Å². The van der Waals surface area contributed by atoms with E-state index in [1.165, 1.54) is 23.5 Å². The molecular formula is C13H15FN4OS. The first kappa shape index (κ1) is 14.3. The summed E-state index contributed by atoms with van der Waals surface area (Å²) < 4.78 is 12.7. The van der Waals surface area contributed by atoms with E-state index in [0.29, 0.717) is 23.0 Å². The molecule has 0 atom stereocenters. The summed E-state index contributed by atoms with van der Waals surface area (Å²) in [7, 11) is 1.72. The molecule has 2 rings (SSSR count). The highest BCUT2D eigenvalue weighted by molar-refractivity contribution is 7.18. The Bertz CT molecular complexity index is 597. The van der Waals surface area contributed by atoms with E-state index in [-0.39, 0.29) is 17.5 Å². The van der Waals surface area contributed by atoms with E-state index in [1.54, 1.807) is 19.2 Å². The average Bonchev–Trinajstić information content (AvgIpc) is 2.82. The summed E-state index contributed by atoms with van der Waals surface area (Å²) in [5.41, 5.74) is 6.63. The number of nitrogen functional groups attached to an aromatic ring is 1. The zero-order valence-corrected chi connectivity index (χ0v) is 11.8. The maximum absolute atomic E-state index is 12.7. The van der Waals surface area contributed by atoms with E-state index >= 15 is 0 Å². The molecule has 0 aliphatic rings. The van der Waals surface area contributed by atoms with E-state index in [9.17, 15) is 9.18 Å². The van der Waals surface area contributed by atoms with E-state index in [2.05, 4.69) is 15.6 Å². The molecule has 0 aliphatic carbocycles. The minimum absolute atomic E-state index is 0.221. The maximum atomic E-state index is 12.7. The predicted molar refractivity (Wildman–Crippen MR) is 78.5 cm³/mol. The first-order valence-electron chi connectivity index (χ1n) is 6.07. The topological polar surface area (TPSA) is 80.0 Å². The van der Waals surface area contributed by atoms with Gasteiger partial charge in [-0.1, -0.05) is 23.5 Å². The Balaban J connectivity index is 1.88. The van der Waals surface area contributed by atoms with Gasteiger partial charge in [0.2, 0.25) is 0 Å². The van der Waals surface area contributed by atoms with Crippen LogP contribution in [0.5, 0.6) is 0 Å². The zero-order valence-electron chi connectivity index (χ0n) is 10.9. The molecule has 1 heterocycles. The van der Waals surface area contributed by atoms with Crippen LogP contribution in [0.4, 0.5) is 15.3 Å². The van der Waals surface area contributed by atoms with Crippen LogP contribution in [0.25, 0.3) is 0 Å². The number of anilines is 2. The standard InChI is InChI=1S/C13H15FN4OS/c1-16-13-18-11(15)10(20-13)12(19)17-7-6-8-2-4-9(14)5-3-8/h2-5H,6-7,15H2,1H3,(H,16,18)(H,17,19). The average molecular weight is 294 g/mol. The van der Waals surface area contributed by atoms with Crippen molar-refractivity contribution in [3.05, 3.63) is 40.5 Å². The highest BCUT2D eigenvalue weighted by atomic mass is 32.1. The molecule has 2 aromatic rings. The van der Waals surface area contributed by atoms with Crippen molar-refractivity contribution in [1.29, 1.82) is 0 Å². The molecule has 5 nitrogen and oxygen atoms in total. The van der Waals surface area contributed by atoms with E-state index in [4.69, 9.17) is 5.73 Å². The van der Waals surface area contributed by atoms with Crippen molar-refractivity contribution >= 4 is 28.2 Å². The lowest BCUT2D eigenvalue weighted by Gasteiger charge is -2.04. The molecule has 0 fully saturated rings. The molecule has 0 bridgehead atoms. The summed E-state index contributed by atoms with van der Waals surface area (Å²) in [5.74, 6) is -0.294. The van der Waals surface area contributed by atoms with Crippen molar-refractivity contribution in [3.63, 3.8) is 0 Å². The number of benzene rings is 1. The summed E-state index contributed by atoms with van der Waals surface area (Å²) in [6, 6.07) is 6.19. The number of rotatable bonds is 5. The van der Waals surface area contributed by atoms with Crippen molar-refractivity contribution in [2.24, 2.45) is 0 Å². The Morgan fingerprint density at radius 2 is 2.10 bits per heavy atom. The number of carbonyl (C=O) groups excluding carboxylic acids is 1. The fourth-order valence-corrected chi connectivity index (χ4v) is 2.41. The van der Waals surface area contributed by atoms with Crippen LogP contribution in [0.2, 0.25) is 0 Å². The van der Waals surface area contributed by atoms with Gasteiger partial charge in [-0.25, -0.2) is 9.37 Å². The van der Waals surface area contributed by atoms with Crippen LogP contribution in [0.15, 0.2) is 24.3 Å². The quantitative estimate of drug-likeness (QED) is 0.786. The molecule has 20 heavy (non-hydrogen) atoms. The number of halogens is 1. The second-order valence-corrected chi connectivity index (χ2v) is 5.11. The van der Waals surface area contributed by atoms with Crippen LogP contribution in [0.1, 0.15) is 15.2 Å². The van der Waals surface area contributed by atoms with Gasteiger partial charge in [0, 0.05) is 13.6 Å². The van der Waals surface area contributed by atoms with E-state index in [0.717, 1.165) is 5.56 Å². The molecular weight excluding hydrogens is 279 g/mol. The second kappa shape index (κ2) is 6.33. The zero-order chi connectivity index (χ0) is 14.5. The van der Waals surface area contributed by atoms with Crippen LogP contribution in [0.3, 0.4) is 0 Å². The van der Waals surface area contributed by atoms with Gasteiger partial charge < -0.3 is 16.4 Å². The molecule has 0 saturated carbocycles. The predicted octanol–water partition coefficient (Wildman–Crippen LogP) is 1.88. The molecule has 106 valence electrons. The third kappa shape index (κ3) is 3.45. The first-order valence-corrected chi connectivity index (χ1v) is 6.88. The summed E-state index contributed by atoms with van der Waals surface area (Å²) in [6.45, 7) is 0.455. The Hall–Kier alpha value is -2.15. The number of nitrogens with zero attached hydrogens (tertiary/aromatic N) is 1. The minimum atomic E-state index is -0.269. The molecule has 1 aromatic heterocycles. The Morgan fingerprint density at radius 3 is 2.70 bits per heavy atom. The van der Waals surface area contributed by atoms with Crippen LogP contribution in [-0.4, -0.2) is 24.5 Å². The van der Waals surface area contributed by atoms with Crippen LogP contribution < -0.4 is 16.4 Å². The van der Waals surface area contributed by atoms with Crippen LogP contribution in [-0.2, 0) is 6.42 Å². The Labute approximate surface area is 120 Å². The van der Waals surface area contributed by atoms with Crippen molar-refractivity contribution in [3.8, 4) is 0 Å². The molecule has 1 amide bonds. The van der Waals surface area contributed by atoms with E-state index in [1.807, 2.05) is 0 Å². The van der Waals surface area contributed by atoms with Gasteiger partial charge >= 0.3 is 0 Å². The highest BCUT2D eigenvalue weighted by Gasteiger charge is 2.15. The van der Waals surface area contributed by atoms with Crippen molar-refractivity contribution < 1.29 is 9.18 Å². The lowest BCUT2D eigenvalue weighted by Crippen LogP contribution is -2.25. The molecule has 0 aliphatic heterocycles. The molecule has 0 unspecified atom stereocenters. The Kier molecular flexibility index (Phi) is 4.52. The summed E-state index contributed by atoms with van der Waals surface area (Å²) in [6.07, 6.45) is 0.629. The lowest BCUT2D eigenvalue weighted by molar-refractivity contribution is 0.0959. The molecule has 7 heteroatoms. The van der Waals surface area contributed by atoms with Gasteiger partial charge in [-0.2, -0.15) is 0 Å². The monoisotopic (exact) mass is 294 g/mol. The third-order valence-corrected chi connectivity index (χ3v) is 3.77. The van der Waals surface area contributed by atoms with Gasteiger partial charge in [0.15, 0.2) is 5.13 Å². The maximum Gasteiger partial charge on any atom is 0.265 e. The lowest BCUT2D eigenvalue weighted by atomic mass is 10.1. The SMILES string of the molecule is CNc1nc(N)c(C(=O)NCCc2ccc(F)cc2)s1. The largest absolute Gasteiger partial charge is 0.382 e. The van der Waals surface area contributed by atoms with Crippen molar-refractivity contribution in [1.82, 2.24) is 10.3 Å². The van der Waals surface area contributed by atoms with Gasteiger partial charge in [-0.3, -0.25) is 4.79 Å². The number of nitrogens with two attached hydrogens (primary N) is 1. The summed E-state index contributed by atoms with van der Waals surface area (Å²) in [4.78, 5) is 16.3. The fraction of sp³-hybridized carbons (Fsp3) is 0.231. The molecule has 0 saturated heterocycles. The summed E-state index contributed by atoms with van der Waals surface area (Å²) >= 11 is 1.21. The van der Waals surface area contributed by atoms with Gasteiger partial charge in [-0.15, -0.1) is 0 Å². The number of carbonyl (C=O) groups is 1. The molecule has 0 spiro atoms. The summed E-state index contributed by atoms with van der Waals surface area (Å²) in [5, 5.41) is 6.22. The molecule has 4 N–H and O–H groups in total. The van der Waals surface area contributed by atoms with E-state index < -0.39 is 0 Å². The first-order chi connectivity index (χ1) is 9.60. The molecule has 1 aromatic carbocycles. The number of hydrogen-bond acceptors (Lipinski definition) is 5. The number of hydrogen-bond donors (Lipinski definition) is 3. The number of amides is 1. The highest BCUT2D eigenvalue weighted by Crippen LogP contribution is 2.24. The van der Waals surface area contributed by atoms with Gasteiger partial charge in [0.25, 0.3) is 5.91 Å². The number of thiazole rings is 1. The second-order valence-electron chi connectivity index (χ2n) is 4.12. The van der Waals surface area contributed by atoms with Gasteiger partial charge in [-0.05, 0) is 24.1 Å². The fourth-order valence-electron chi connectivity index (χ4n) is 1.65. The van der Waals surface area contributed by atoms with Crippen LogP contribution in [0, 0.1) is 5.82 Å². The van der Waals surface area contributed by atoms with Gasteiger partial charge in [0.05, 0.1) is 0 Å². The smallest absolute Gasteiger partial charge is 0.265 e. The minimum Gasteiger partial charge on any atom is -0.382 e.